The van der Waals surface area contributed by atoms with Crippen LogP contribution >= 0.6 is 0 Å². The number of aryl methyl sites for hydroxylation is 1. The molecule has 160 valence electrons. The van der Waals surface area contributed by atoms with E-state index in [1.165, 1.54) is 12.1 Å². The number of amides is 2. The summed E-state index contributed by atoms with van der Waals surface area (Å²) in [5.41, 5.74) is 1.87. The van der Waals surface area contributed by atoms with Crippen LogP contribution < -0.4 is 5.32 Å². The van der Waals surface area contributed by atoms with Gasteiger partial charge in [0, 0.05) is 26.8 Å². The Hall–Kier alpha value is -2.87. The minimum absolute atomic E-state index is 0.0231. The summed E-state index contributed by atoms with van der Waals surface area (Å²) in [6.07, 6.45) is 4.40. The van der Waals surface area contributed by atoms with E-state index in [1.807, 2.05) is 0 Å². The molecule has 2 amide bonds. The summed E-state index contributed by atoms with van der Waals surface area (Å²) in [5, 5.41) is 2.87. The average molecular weight is 413 g/mol. The molecule has 1 atom stereocenters. The molecular formula is C22H28FN5O2. The van der Waals surface area contributed by atoms with Gasteiger partial charge in [0.2, 0.25) is 5.91 Å². The molecule has 1 saturated heterocycles. The van der Waals surface area contributed by atoms with Crippen molar-refractivity contribution in [1.82, 2.24) is 25.1 Å². The standard InChI is InChI=1S/C22H28FN5O2/c1-15-24-13-18(22(30)25-12-16-7-9-17(23)10-8-16)21(26-15)19-6-4-5-11-28(19)14-20(29)27(2)3/h7-10,13,19H,4-6,11-12,14H2,1-3H3,(H,25,30)/t19-/m1/s1. The number of benzene rings is 1. The van der Waals surface area contributed by atoms with Gasteiger partial charge in [-0.25, -0.2) is 14.4 Å². The molecule has 1 aliphatic rings. The predicted molar refractivity (Wildman–Crippen MR) is 111 cm³/mol. The average Bonchev–Trinajstić information content (AvgIpc) is 2.73. The lowest BCUT2D eigenvalue weighted by atomic mass is 9.96. The molecule has 0 spiro atoms. The molecule has 3 rings (SSSR count). The minimum atomic E-state index is -0.316. The molecule has 0 unspecified atom stereocenters. The van der Waals surface area contributed by atoms with Crippen molar-refractivity contribution in [3.63, 3.8) is 0 Å². The smallest absolute Gasteiger partial charge is 0.255 e. The summed E-state index contributed by atoms with van der Waals surface area (Å²) >= 11 is 0. The number of likely N-dealkylation sites (tertiary alicyclic amines) is 1. The Balaban J connectivity index is 1.81. The van der Waals surface area contributed by atoms with E-state index in [9.17, 15) is 14.0 Å². The van der Waals surface area contributed by atoms with E-state index in [2.05, 4.69) is 20.2 Å². The number of carbonyl (C=O) groups excluding carboxylic acids is 2. The first kappa shape index (κ1) is 21.8. The van der Waals surface area contributed by atoms with Gasteiger partial charge >= 0.3 is 0 Å². The molecular weight excluding hydrogens is 385 g/mol. The minimum Gasteiger partial charge on any atom is -0.348 e. The van der Waals surface area contributed by atoms with E-state index in [0.29, 0.717) is 17.1 Å². The molecule has 1 N–H and O–H groups in total. The Kier molecular flexibility index (Phi) is 7.10. The number of carbonyl (C=O) groups is 2. The lowest BCUT2D eigenvalue weighted by Crippen LogP contribution is -2.42. The van der Waals surface area contributed by atoms with E-state index < -0.39 is 0 Å². The summed E-state index contributed by atoms with van der Waals surface area (Å²) in [6, 6.07) is 5.89. The van der Waals surface area contributed by atoms with E-state index in [-0.39, 0.29) is 36.8 Å². The molecule has 1 aliphatic heterocycles. The number of halogens is 1. The van der Waals surface area contributed by atoms with Crippen molar-refractivity contribution in [2.24, 2.45) is 0 Å². The summed E-state index contributed by atoms with van der Waals surface area (Å²) < 4.78 is 13.1. The Morgan fingerprint density at radius 1 is 1.23 bits per heavy atom. The third-order valence-electron chi connectivity index (χ3n) is 5.32. The summed E-state index contributed by atoms with van der Waals surface area (Å²) in [6.45, 7) is 3.14. The third kappa shape index (κ3) is 5.38. The fourth-order valence-corrected chi connectivity index (χ4v) is 3.60. The fraction of sp³-hybridized carbons (Fsp3) is 0.455. The lowest BCUT2D eigenvalue weighted by molar-refractivity contribution is -0.130. The van der Waals surface area contributed by atoms with Gasteiger partial charge in [-0.3, -0.25) is 14.5 Å². The van der Waals surface area contributed by atoms with Crippen LogP contribution in [-0.4, -0.2) is 58.8 Å². The largest absolute Gasteiger partial charge is 0.348 e. The number of rotatable bonds is 6. The second kappa shape index (κ2) is 9.75. The number of hydrogen-bond donors (Lipinski definition) is 1. The van der Waals surface area contributed by atoms with Crippen LogP contribution in [0.25, 0.3) is 0 Å². The van der Waals surface area contributed by atoms with E-state index >= 15 is 0 Å². The van der Waals surface area contributed by atoms with Crippen molar-refractivity contribution in [3.8, 4) is 0 Å². The number of aromatic nitrogens is 2. The normalized spacial score (nSPS) is 16.9. The molecule has 7 nitrogen and oxygen atoms in total. The van der Waals surface area contributed by atoms with Crippen molar-refractivity contribution in [2.45, 2.75) is 38.8 Å². The topological polar surface area (TPSA) is 78.4 Å². The Morgan fingerprint density at radius 2 is 1.97 bits per heavy atom. The van der Waals surface area contributed by atoms with Crippen LogP contribution in [0, 0.1) is 12.7 Å². The summed E-state index contributed by atoms with van der Waals surface area (Å²) in [5.74, 6) is 0.0160. The highest BCUT2D eigenvalue weighted by Crippen LogP contribution is 2.31. The quantitative estimate of drug-likeness (QED) is 0.787. The van der Waals surface area contributed by atoms with Crippen LogP contribution in [-0.2, 0) is 11.3 Å². The first-order valence-corrected chi connectivity index (χ1v) is 10.2. The Labute approximate surface area is 176 Å². The predicted octanol–water partition coefficient (Wildman–Crippen LogP) is 2.47. The monoisotopic (exact) mass is 413 g/mol. The zero-order valence-electron chi connectivity index (χ0n) is 17.7. The first-order chi connectivity index (χ1) is 14.3. The maximum absolute atomic E-state index is 13.1. The number of likely N-dealkylation sites (N-methyl/N-ethyl adjacent to an activating group) is 1. The van der Waals surface area contributed by atoms with Gasteiger partial charge in [0.15, 0.2) is 0 Å². The lowest BCUT2D eigenvalue weighted by Gasteiger charge is -2.36. The van der Waals surface area contributed by atoms with Gasteiger partial charge in [-0.2, -0.15) is 0 Å². The molecule has 30 heavy (non-hydrogen) atoms. The van der Waals surface area contributed by atoms with Gasteiger partial charge in [0.1, 0.15) is 11.6 Å². The zero-order chi connectivity index (χ0) is 21.7. The van der Waals surface area contributed by atoms with Gasteiger partial charge in [-0.15, -0.1) is 0 Å². The summed E-state index contributed by atoms with van der Waals surface area (Å²) in [7, 11) is 3.48. The highest BCUT2D eigenvalue weighted by Gasteiger charge is 2.30. The molecule has 0 radical (unpaired) electrons. The van der Waals surface area contributed by atoms with Crippen LogP contribution in [0.5, 0.6) is 0 Å². The van der Waals surface area contributed by atoms with Gasteiger partial charge in [-0.05, 0) is 44.0 Å². The number of nitrogens with one attached hydrogen (secondary N) is 1. The number of piperidine rings is 1. The van der Waals surface area contributed by atoms with Crippen molar-refractivity contribution < 1.29 is 14.0 Å². The fourth-order valence-electron chi connectivity index (χ4n) is 3.60. The Bertz CT molecular complexity index is 901. The third-order valence-corrected chi connectivity index (χ3v) is 5.32. The van der Waals surface area contributed by atoms with Crippen LogP contribution in [0.3, 0.4) is 0 Å². The zero-order valence-corrected chi connectivity index (χ0v) is 17.7. The molecule has 0 bridgehead atoms. The van der Waals surface area contributed by atoms with Gasteiger partial charge < -0.3 is 10.2 Å². The highest BCUT2D eigenvalue weighted by molar-refractivity contribution is 5.95. The molecule has 0 saturated carbocycles. The molecule has 1 fully saturated rings. The highest BCUT2D eigenvalue weighted by atomic mass is 19.1. The van der Waals surface area contributed by atoms with Gasteiger partial charge in [-0.1, -0.05) is 18.6 Å². The first-order valence-electron chi connectivity index (χ1n) is 10.2. The molecule has 1 aromatic heterocycles. The van der Waals surface area contributed by atoms with Crippen molar-refractivity contribution in [1.29, 1.82) is 0 Å². The molecule has 8 heteroatoms. The van der Waals surface area contributed by atoms with Crippen LogP contribution in [0.15, 0.2) is 30.5 Å². The van der Waals surface area contributed by atoms with Gasteiger partial charge in [0.25, 0.3) is 5.91 Å². The van der Waals surface area contributed by atoms with E-state index in [1.54, 1.807) is 44.2 Å². The number of nitrogens with zero attached hydrogens (tertiary/aromatic N) is 4. The maximum Gasteiger partial charge on any atom is 0.255 e. The number of hydrogen-bond acceptors (Lipinski definition) is 5. The second-order valence-corrected chi connectivity index (χ2v) is 7.80. The maximum atomic E-state index is 13.1. The van der Waals surface area contributed by atoms with Crippen LogP contribution in [0.1, 0.15) is 52.7 Å². The van der Waals surface area contributed by atoms with E-state index in [4.69, 9.17) is 0 Å². The van der Waals surface area contributed by atoms with Gasteiger partial charge in [0.05, 0.1) is 23.8 Å². The molecule has 0 aliphatic carbocycles. The van der Waals surface area contributed by atoms with Crippen LogP contribution in [0.4, 0.5) is 4.39 Å². The summed E-state index contributed by atoms with van der Waals surface area (Å²) in [4.78, 5) is 37.7. The second-order valence-electron chi connectivity index (χ2n) is 7.80. The molecule has 2 heterocycles. The SMILES string of the molecule is Cc1ncc(C(=O)NCc2ccc(F)cc2)c([C@H]2CCCCN2CC(=O)N(C)C)n1. The molecule has 1 aromatic carbocycles. The van der Waals surface area contributed by atoms with Crippen molar-refractivity contribution >= 4 is 11.8 Å². The molecule has 2 aromatic rings. The van der Waals surface area contributed by atoms with Crippen LogP contribution in [0.2, 0.25) is 0 Å². The Morgan fingerprint density at radius 3 is 2.67 bits per heavy atom. The van der Waals surface area contributed by atoms with Crippen molar-refractivity contribution in [3.05, 3.63) is 58.9 Å². The van der Waals surface area contributed by atoms with Crippen molar-refractivity contribution in [2.75, 3.05) is 27.2 Å². The van der Waals surface area contributed by atoms with E-state index in [0.717, 1.165) is 31.4 Å².